The van der Waals surface area contributed by atoms with Gasteiger partial charge in [0.25, 0.3) is 0 Å². The van der Waals surface area contributed by atoms with Gasteiger partial charge in [0.1, 0.15) is 0 Å². The minimum Gasteiger partial charge on any atom is -0.397 e. The second kappa shape index (κ2) is 10.5. The monoisotopic (exact) mass is 296 g/mol. The standard InChI is InChI=1S/C12H11PS2.C2H6O/c1-3-7-11(8-4-1)14-13-15-12-9-5-2-6-10-12;1-2-3/h1-10,13H;3H,2H2,1H3. The zero-order chi connectivity index (χ0) is 13.1. The van der Waals surface area contributed by atoms with Gasteiger partial charge in [-0.2, -0.15) is 0 Å². The zero-order valence-corrected chi connectivity index (χ0v) is 12.9. The van der Waals surface area contributed by atoms with Gasteiger partial charge in [-0.3, -0.25) is 0 Å². The Kier molecular flexibility index (Phi) is 9.05. The number of hydrogen-bond acceptors (Lipinski definition) is 3. The van der Waals surface area contributed by atoms with Crippen molar-refractivity contribution in [3.05, 3.63) is 60.7 Å². The van der Waals surface area contributed by atoms with Crippen LogP contribution in [-0.4, -0.2) is 11.7 Å². The van der Waals surface area contributed by atoms with Gasteiger partial charge in [-0.15, -0.1) is 0 Å². The van der Waals surface area contributed by atoms with Gasteiger partial charge in [-0.25, -0.2) is 0 Å². The zero-order valence-electron chi connectivity index (χ0n) is 10.2. The van der Waals surface area contributed by atoms with Crippen LogP contribution in [0.2, 0.25) is 0 Å². The summed E-state index contributed by atoms with van der Waals surface area (Å²) in [5.41, 5.74) is 0. The highest BCUT2D eigenvalue weighted by Gasteiger charge is 1.94. The molecule has 0 saturated carbocycles. The first-order valence-electron chi connectivity index (χ1n) is 5.66. The maximum absolute atomic E-state index is 7.57. The summed E-state index contributed by atoms with van der Waals surface area (Å²) in [6.45, 7) is 2.75. The largest absolute Gasteiger partial charge is 0.397 e. The predicted octanol–water partition coefficient (Wildman–Crippen LogP) is 5.08. The van der Waals surface area contributed by atoms with Crippen LogP contribution in [0.25, 0.3) is 0 Å². The Morgan fingerprint density at radius 2 is 1.17 bits per heavy atom. The number of rotatable bonds is 4. The highest BCUT2D eigenvalue weighted by molar-refractivity contribution is 8.82. The fraction of sp³-hybridized carbons (Fsp3) is 0.143. The SMILES string of the molecule is CCO.c1ccc(SPSc2ccccc2)cc1. The molecule has 0 atom stereocenters. The van der Waals surface area contributed by atoms with E-state index in [1.54, 1.807) is 6.92 Å². The summed E-state index contributed by atoms with van der Waals surface area (Å²) in [4.78, 5) is 2.69. The number of aliphatic hydroxyl groups excluding tert-OH is 1. The Balaban J connectivity index is 0.000000492. The van der Waals surface area contributed by atoms with E-state index in [2.05, 4.69) is 60.7 Å². The van der Waals surface area contributed by atoms with Crippen LogP contribution in [0.1, 0.15) is 6.92 Å². The fourth-order valence-corrected chi connectivity index (χ4v) is 5.54. The van der Waals surface area contributed by atoms with Crippen molar-refractivity contribution >= 4 is 29.7 Å². The average molecular weight is 296 g/mol. The molecule has 0 aliphatic rings. The van der Waals surface area contributed by atoms with Crippen molar-refractivity contribution in [2.45, 2.75) is 16.7 Å². The number of hydrogen-bond donors (Lipinski definition) is 1. The second-order valence-corrected chi connectivity index (χ2v) is 7.97. The van der Waals surface area contributed by atoms with Crippen molar-refractivity contribution in [2.24, 2.45) is 0 Å². The van der Waals surface area contributed by atoms with E-state index >= 15 is 0 Å². The highest BCUT2D eigenvalue weighted by Crippen LogP contribution is 2.50. The average Bonchev–Trinajstić information content (AvgIpc) is 2.42. The maximum atomic E-state index is 7.57. The first kappa shape index (κ1) is 15.6. The quantitative estimate of drug-likeness (QED) is 0.795. The Morgan fingerprint density at radius 1 is 0.833 bits per heavy atom. The van der Waals surface area contributed by atoms with E-state index in [1.807, 2.05) is 22.8 Å². The van der Waals surface area contributed by atoms with Crippen LogP contribution in [0, 0.1) is 0 Å². The fourth-order valence-electron chi connectivity index (χ4n) is 1.09. The molecular weight excluding hydrogens is 279 g/mol. The first-order chi connectivity index (χ1) is 8.86. The molecule has 96 valence electrons. The third-order valence-electron chi connectivity index (χ3n) is 1.81. The molecule has 1 nitrogen and oxygen atoms in total. The van der Waals surface area contributed by atoms with E-state index in [0.717, 1.165) is 6.98 Å². The lowest BCUT2D eigenvalue weighted by Crippen LogP contribution is -1.63. The molecule has 2 aromatic rings. The first-order valence-corrected chi connectivity index (χ1v) is 9.74. The third kappa shape index (κ3) is 7.07. The molecule has 0 heterocycles. The van der Waals surface area contributed by atoms with Crippen LogP contribution in [0.3, 0.4) is 0 Å². The van der Waals surface area contributed by atoms with Crippen LogP contribution in [0.4, 0.5) is 0 Å². The Hall–Kier alpha value is -0.470. The Morgan fingerprint density at radius 3 is 1.50 bits per heavy atom. The molecule has 0 aromatic heterocycles. The van der Waals surface area contributed by atoms with Crippen molar-refractivity contribution in [3.8, 4) is 0 Å². The molecule has 2 rings (SSSR count). The molecule has 4 heteroatoms. The van der Waals surface area contributed by atoms with Crippen molar-refractivity contribution in [2.75, 3.05) is 6.61 Å². The van der Waals surface area contributed by atoms with Crippen LogP contribution in [0.5, 0.6) is 0 Å². The molecule has 0 radical (unpaired) electrons. The molecule has 18 heavy (non-hydrogen) atoms. The minimum absolute atomic E-state index is 0.250. The van der Waals surface area contributed by atoms with Crippen molar-refractivity contribution < 1.29 is 5.11 Å². The number of aliphatic hydroxyl groups is 1. The van der Waals surface area contributed by atoms with Crippen LogP contribution >= 0.6 is 29.7 Å². The summed E-state index contributed by atoms with van der Waals surface area (Å²) < 4.78 is 0. The molecular formula is C14H17OPS2. The molecule has 0 saturated heterocycles. The highest BCUT2D eigenvalue weighted by atomic mass is 33.1. The van der Waals surface area contributed by atoms with E-state index in [1.165, 1.54) is 9.79 Å². The molecule has 2 aromatic carbocycles. The lowest BCUT2D eigenvalue weighted by molar-refractivity contribution is 0.318. The van der Waals surface area contributed by atoms with Gasteiger partial charge >= 0.3 is 0 Å². The second-order valence-electron chi connectivity index (χ2n) is 3.23. The molecule has 0 aliphatic heterocycles. The summed E-state index contributed by atoms with van der Waals surface area (Å²) in [6, 6.07) is 21.1. The summed E-state index contributed by atoms with van der Waals surface area (Å²) in [7, 11) is 0. The summed E-state index contributed by atoms with van der Waals surface area (Å²) in [5.74, 6) is 0. The van der Waals surface area contributed by atoms with Crippen LogP contribution < -0.4 is 0 Å². The van der Waals surface area contributed by atoms with Gasteiger partial charge in [0.05, 0.1) is 0 Å². The maximum Gasteiger partial charge on any atom is 0.0402 e. The van der Waals surface area contributed by atoms with Crippen LogP contribution in [-0.2, 0) is 0 Å². The Bertz CT molecular complexity index is 369. The predicted molar refractivity (Wildman–Crippen MR) is 85.7 cm³/mol. The normalized spacial score (nSPS) is 9.44. The van der Waals surface area contributed by atoms with Gasteiger partial charge in [0.2, 0.25) is 0 Å². The molecule has 0 spiro atoms. The summed E-state index contributed by atoms with van der Waals surface area (Å²) in [6.07, 6.45) is 0. The van der Waals surface area contributed by atoms with Crippen molar-refractivity contribution in [3.63, 3.8) is 0 Å². The van der Waals surface area contributed by atoms with E-state index in [-0.39, 0.29) is 6.61 Å². The molecule has 1 N–H and O–H groups in total. The molecule has 0 aliphatic carbocycles. The van der Waals surface area contributed by atoms with Gasteiger partial charge in [0, 0.05) is 23.4 Å². The van der Waals surface area contributed by atoms with Gasteiger partial charge < -0.3 is 5.11 Å². The van der Waals surface area contributed by atoms with E-state index < -0.39 is 0 Å². The lowest BCUT2D eigenvalue weighted by Gasteiger charge is -2.00. The van der Waals surface area contributed by atoms with Gasteiger partial charge in [0.15, 0.2) is 0 Å². The third-order valence-corrected chi connectivity index (χ3v) is 6.40. The summed E-state index contributed by atoms with van der Waals surface area (Å²) in [5, 5.41) is 7.57. The number of benzene rings is 2. The molecule has 0 bridgehead atoms. The van der Waals surface area contributed by atoms with E-state index in [9.17, 15) is 0 Å². The van der Waals surface area contributed by atoms with Crippen molar-refractivity contribution in [1.82, 2.24) is 0 Å². The van der Waals surface area contributed by atoms with Crippen LogP contribution in [0.15, 0.2) is 70.5 Å². The smallest absolute Gasteiger partial charge is 0.0402 e. The Labute approximate surface area is 119 Å². The molecule has 0 amide bonds. The topological polar surface area (TPSA) is 20.2 Å². The minimum atomic E-state index is 0.250. The van der Waals surface area contributed by atoms with Gasteiger partial charge in [-0.1, -0.05) is 59.2 Å². The summed E-state index contributed by atoms with van der Waals surface area (Å²) >= 11 is 3.81. The molecule has 0 fully saturated rings. The van der Waals surface area contributed by atoms with Gasteiger partial charge in [-0.05, 0) is 31.2 Å². The van der Waals surface area contributed by atoms with E-state index in [0.29, 0.717) is 0 Å². The lowest BCUT2D eigenvalue weighted by atomic mass is 10.4. The van der Waals surface area contributed by atoms with Crippen molar-refractivity contribution in [1.29, 1.82) is 0 Å². The molecule has 0 unspecified atom stereocenters. The van der Waals surface area contributed by atoms with E-state index in [4.69, 9.17) is 5.11 Å².